The number of amides is 1. The van der Waals surface area contributed by atoms with Gasteiger partial charge >= 0.3 is 0 Å². The van der Waals surface area contributed by atoms with E-state index in [1.807, 2.05) is 0 Å². The van der Waals surface area contributed by atoms with Crippen LogP contribution in [0.3, 0.4) is 0 Å². The Morgan fingerprint density at radius 1 is 1.03 bits per heavy atom. The molecule has 7 nitrogen and oxygen atoms in total. The molecule has 0 spiro atoms. The molecule has 1 unspecified atom stereocenters. The lowest BCUT2D eigenvalue weighted by Crippen LogP contribution is -2.29. The highest BCUT2D eigenvalue weighted by Gasteiger charge is 2.48. The average Bonchev–Trinajstić information content (AvgIpc) is 3.48. The van der Waals surface area contributed by atoms with Crippen LogP contribution in [0.5, 0.6) is 11.5 Å². The molecule has 3 aromatic rings. The quantitative estimate of drug-likeness (QED) is 0.384. The van der Waals surface area contributed by atoms with Crippen molar-refractivity contribution in [1.29, 1.82) is 0 Å². The largest absolute Gasteiger partial charge is 0.507 e. The molecule has 1 saturated heterocycles. The number of ether oxygens (including phenoxy) is 2. The van der Waals surface area contributed by atoms with Crippen LogP contribution in [-0.4, -0.2) is 23.6 Å². The molecule has 1 amide bonds. The van der Waals surface area contributed by atoms with Crippen LogP contribution in [0.4, 0.5) is 5.69 Å². The molecule has 150 valence electrons. The van der Waals surface area contributed by atoms with E-state index in [9.17, 15) is 14.7 Å². The number of nitrogens with zero attached hydrogens (tertiary/aromatic N) is 1. The van der Waals surface area contributed by atoms with Crippen molar-refractivity contribution in [3.63, 3.8) is 0 Å². The average molecular weight is 424 g/mol. The number of benzene rings is 2. The molecule has 0 saturated carbocycles. The number of halogens is 1. The summed E-state index contributed by atoms with van der Waals surface area (Å²) in [4.78, 5) is 27.3. The van der Waals surface area contributed by atoms with Crippen molar-refractivity contribution in [3.8, 4) is 11.5 Å². The first-order valence-electron chi connectivity index (χ1n) is 9.04. The molecule has 8 heteroatoms. The van der Waals surface area contributed by atoms with E-state index < -0.39 is 17.7 Å². The molecule has 2 aromatic carbocycles. The maximum Gasteiger partial charge on any atom is 0.300 e. The van der Waals surface area contributed by atoms with Crippen LogP contribution in [0.15, 0.2) is 70.9 Å². The van der Waals surface area contributed by atoms with Crippen molar-refractivity contribution >= 4 is 34.7 Å². The third kappa shape index (κ3) is 2.83. The number of anilines is 1. The van der Waals surface area contributed by atoms with Gasteiger partial charge in [-0.2, -0.15) is 0 Å². The Bertz CT molecular complexity index is 1180. The van der Waals surface area contributed by atoms with Crippen molar-refractivity contribution in [2.24, 2.45) is 0 Å². The minimum atomic E-state index is -0.948. The van der Waals surface area contributed by atoms with E-state index >= 15 is 0 Å². The molecular formula is C22H14ClNO6. The van der Waals surface area contributed by atoms with Crippen LogP contribution in [-0.2, 0) is 9.59 Å². The lowest BCUT2D eigenvalue weighted by atomic mass is 9.99. The molecule has 30 heavy (non-hydrogen) atoms. The second-order valence-electron chi connectivity index (χ2n) is 6.73. The highest BCUT2D eigenvalue weighted by Crippen LogP contribution is 2.44. The summed E-state index contributed by atoms with van der Waals surface area (Å²) in [5.74, 6) is -0.569. The summed E-state index contributed by atoms with van der Waals surface area (Å²) in [6, 6.07) is 13.6. The van der Waals surface area contributed by atoms with E-state index in [-0.39, 0.29) is 18.1 Å². The Morgan fingerprint density at radius 2 is 1.80 bits per heavy atom. The van der Waals surface area contributed by atoms with Crippen LogP contribution in [0.2, 0.25) is 5.02 Å². The smallest absolute Gasteiger partial charge is 0.300 e. The monoisotopic (exact) mass is 423 g/mol. The number of fused-ring (bicyclic) bond motifs is 1. The van der Waals surface area contributed by atoms with Gasteiger partial charge in [0.25, 0.3) is 11.7 Å². The zero-order valence-electron chi connectivity index (χ0n) is 15.4. The van der Waals surface area contributed by atoms with Crippen molar-refractivity contribution < 1.29 is 28.6 Å². The highest BCUT2D eigenvalue weighted by atomic mass is 35.5. The second-order valence-corrected chi connectivity index (χ2v) is 7.17. The Balaban J connectivity index is 1.68. The van der Waals surface area contributed by atoms with Crippen LogP contribution in [0.25, 0.3) is 5.76 Å². The number of rotatable bonds is 3. The number of Topliss-reactive ketones (excluding diaryl/α,β-unsaturated/α-hetero) is 1. The highest BCUT2D eigenvalue weighted by molar-refractivity contribution is 6.51. The molecular weight excluding hydrogens is 410 g/mol. The summed E-state index contributed by atoms with van der Waals surface area (Å²) < 4.78 is 16.2. The molecule has 1 atom stereocenters. The third-order valence-corrected chi connectivity index (χ3v) is 5.26. The van der Waals surface area contributed by atoms with Gasteiger partial charge in [-0.25, -0.2) is 0 Å². The Kier molecular flexibility index (Phi) is 4.25. The molecule has 3 heterocycles. The van der Waals surface area contributed by atoms with Gasteiger partial charge < -0.3 is 19.0 Å². The van der Waals surface area contributed by atoms with Gasteiger partial charge in [0.05, 0.1) is 11.8 Å². The minimum Gasteiger partial charge on any atom is -0.507 e. The van der Waals surface area contributed by atoms with E-state index in [0.29, 0.717) is 33.5 Å². The number of carbonyl (C=O) groups excluding carboxylic acids is 2. The fourth-order valence-electron chi connectivity index (χ4n) is 3.61. The number of ketones is 1. The zero-order chi connectivity index (χ0) is 20.8. The predicted octanol–water partition coefficient (Wildman–Crippen LogP) is 4.29. The zero-order valence-corrected chi connectivity index (χ0v) is 16.1. The van der Waals surface area contributed by atoms with Gasteiger partial charge in [-0.05, 0) is 48.5 Å². The molecule has 5 rings (SSSR count). The van der Waals surface area contributed by atoms with Crippen LogP contribution in [0.1, 0.15) is 17.4 Å². The number of hydrogen-bond acceptors (Lipinski definition) is 6. The van der Waals surface area contributed by atoms with Gasteiger partial charge in [-0.15, -0.1) is 0 Å². The summed E-state index contributed by atoms with van der Waals surface area (Å²) >= 11 is 5.92. The molecule has 1 N–H and O–H groups in total. The summed E-state index contributed by atoms with van der Waals surface area (Å²) in [5, 5.41) is 11.4. The maximum absolute atomic E-state index is 13.0. The van der Waals surface area contributed by atoms with Gasteiger partial charge in [0, 0.05) is 22.3 Å². The topological polar surface area (TPSA) is 89.2 Å². The van der Waals surface area contributed by atoms with E-state index in [1.54, 1.807) is 54.6 Å². The van der Waals surface area contributed by atoms with E-state index in [2.05, 4.69) is 0 Å². The Morgan fingerprint density at radius 3 is 2.53 bits per heavy atom. The predicted molar refractivity (Wildman–Crippen MR) is 108 cm³/mol. The molecule has 1 fully saturated rings. The van der Waals surface area contributed by atoms with Crippen molar-refractivity contribution in [1.82, 2.24) is 0 Å². The van der Waals surface area contributed by atoms with Gasteiger partial charge in [0.15, 0.2) is 11.5 Å². The van der Waals surface area contributed by atoms with E-state index in [1.165, 1.54) is 11.2 Å². The SMILES string of the molecule is O=C1C(=O)N(c2ccc3c(c2)OCO3)C(c2ccco2)/C1=C(/O)c1ccc(Cl)cc1. The van der Waals surface area contributed by atoms with E-state index in [0.717, 1.165) is 0 Å². The first-order chi connectivity index (χ1) is 14.5. The molecule has 0 bridgehead atoms. The summed E-state index contributed by atoms with van der Waals surface area (Å²) in [7, 11) is 0. The Hall–Kier alpha value is -3.71. The van der Waals surface area contributed by atoms with Crippen molar-refractivity contribution in [2.75, 3.05) is 11.7 Å². The fraction of sp³-hybridized carbons (Fsp3) is 0.0909. The normalized spacial score (nSPS) is 19.5. The molecule has 2 aliphatic heterocycles. The standard InChI is InChI=1S/C22H14ClNO6/c23-13-5-3-12(4-6-13)20(25)18-19(16-2-1-9-28-16)24(22(27)21(18)26)14-7-8-15-17(10-14)30-11-29-15/h1-10,19,25H,11H2/b20-18-. The first kappa shape index (κ1) is 18.3. The summed E-state index contributed by atoms with van der Waals surface area (Å²) in [5.41, 5.74) is 0.701. The van der Waals surface area contributed by atoms with Gasteiger partial charge in [-0.1, -0.05) is 11.6 Å². The Labute approximate surface area is 175 Å². The maximum atomic E-state index is 13.0. The number of aliphatic hydroxyl groups excluding tert-OH is 1. The molecule has 0 radical (unpaired) electrons. The van der Waals surface area contributed by atoms with Crippen molar-refractivity contribution in [3.05, 3.63) is 82.8 Å². The third-order valence-electron chi connectivity index (χ3n) is 5.01. The summed E-state index contributed by atoms with van der Waals surface area (Å²) in [6.45, 7) is 0.0792. The number of carbonyl (C=O) groups is 2. The fourth-order valence-corrected chi connectivity index (χ4v) is 3.74. The van der Waals surface area contributed by atoms with Gasteiger partial charge in [0.2, 0.25) is 6.79 Å². The lowest BCUT2D eigenvalue weighted by Gasteiger charge is -2.23. The number of hydrogen-bond donors (Lipinski definition) is 1. The van der Waals surface area contributed by atoms with Crippen LogP contribution < -0.4 is 14.4 Å². The first-order valence-corrected chi connectivity index (χ1v) is 9.42. The minimum absolute atomic E-state index is 0.0741. The van der Waals surface area contributed by atoms with E-state index in [4.69, 9.17) is 25.5 Å². The number of aliphatic hydroxyl groups is 1. The van der Waals surface area contributed by atoms with Gasteiger partial charge in [0.1, 0.15) is 17.6 Å². The van der Waals surface area contributed by atoms with Gasteiger partial charge in [-0.3, -0.25) is 14.5 Å². The lowest BCUT2D eigenvalue weighted by molar-refractivity contribution is -0.132. The molecule has 0 aliphatic carbocycles. The second kappa shape index (κ2) is 6.96. The number of furan rings is 1. The summed E-state index contributed by atoms with van der Waals surface area (Å²) in [6.07, 6.45) is 1.44. The molecule has 1 aromatic heterocycles. The van der Waals surface area contributed by atoms with Crippen molar-refractivity contribution in [2.45, 2.75) is 6.04 Å². The van der Waals surface area contributed by atoms with Crippen LogP contribution >= 0.6 is 11.6 Å². The van der Waals surface area contributed by atoms with Crippen LogP contribution in [0, 0.1) is 0 Å². The molecule has 2 aliphatic rings.